The molecule has 3 aromatic carbocycles. The standard InChI is InChI=1S/C35H36ClNO3S.C4H11N/c1-34(2,40)30-9-4-3-7-25(30)13-17-32(41-23-35(18-19-35)22-33(38)39)27-8-5-6-24(20-27)10-15-29-16-12-26-11-14-28(36)21-31(26)37-29;1-2-3-4-5/h3-12,14-16,20-21,32,40H,13,17-19,22-23H2,1-2H3,(H,38,39);2-5H2,1H3/b15-10+;/t32-;/m1./s1. The first kappa shape index (κ1) is 35.7. The van der Waals surface area contributed by atoms with Gasteiger partial charge < -0.3 is 15.9 Å². The third kappa shape index (κ3) is 10.7. The van der Waals surface area contributed by atoms with Gasteiger partial charge in [-0.05, 0) is 104 Å². The van der Waals surface area contributed by atoms with E-state index >= 15 is 0 Å². The minimum Gasteiger partial charge on any atom is -0.481 e. The van der Waals surface area contributed by atoms with Crippen molar-refractivity contribution in [3.63, 3.8) is 0 Å². The maximum atomic E-state index is 11.5. The molecule has 1 aliphatic rings. The molecule has 1 heterocycles. The highest BCUT2D eigenvalue weighted by Gasteiger charge is 2.44. The van der Waals surface area contributed by atoms with Crippen LogP contribution in [0.4, 0.5) is 0 Å². The van der Waals surface area contributed by atoms with Gasteiger partial charge in [-0.1, -0.05) is 91.7 Å². The first-order chi connectivity index (χ1) is 22.0. The first-order valence-electron chi connectivity index (χ1n) is 16.2. The molecule has 0 saturated heterocycles. The number of aromatic nitrogens is 1. The zero-order valence-electron chi connectivity index (χ0n) is 27.2. The zero-order valence-corrected chi connectivity index (χ0v) is 28.8. The number of hydrogen-bond donors (Lipinski definition) is 3. The number of carboxylic acids is 1. The van der Waals surface area contributed by atoms with Crippen LogP contribution in [-0.4, -0.2) is 33.5 Å². The van der Waals surface area contributed by atoms with E-state index in [0.29, 0.717) is 5.02 Å². The fourth-order valence-electron chi connectivity index (χ4n) is 5.56. The molecule has 46 heavy (non-hydrogen) atoms. The molecule has 1 aliphatic carbocycles. The summed E-state index contributed by atoms with van der Waals surface area (Å²) >= 11 is 8.04. The number of fused-ring (bicyclic) bond motifs is 1. The van der Waals surface area contributed by atoms with Crippen molar-refractivity contribution in [3.8, 4) is 0 Å². The fourth-order valence-corrected chi connectivity index (χ4v) is 7.30. The normalized spacial score (nSPS) is 14.6. The van der Waals surface area contributed by atoms with E-state index in [0.717, 1.165) is 71.3 Å². The number of carbonyl (C=O) groups is 1. The second-order valence-corrected chi connectivity index (χ2v) is 14.5. The van der Waals surface area contributed by atoms with Crippen molar-refractivity contribution in [3.05, 3.63) is 112 Å². The molecule has 0 bridgehead atoms. The van der Waals surface area contributed by atoms with E-state index in [1.165, 1.54) is 18.4 Å². The molecule has 0 radical (unpaired) electrons. The quantitative estimate of drug-likeness (QED) is 0.125. The van der Waals surface area contributed by atoms with Crippen molar-refractivity contribution in [2.75, 3.05) is 12.3 Å². The van der Waals surface area contributed by atoms with Gasteiger partial charge in [0.2, 0.25) is 0 Å². The predicted octanol–water partition coefficient (Wildman–Crippen LogP) is 9.69. The number of hydrogen-bond acceptors (Lipinski definition) is 5. The molecule has 0 aliphatic heterocycles. The molecule has 1 aromatic heterocycles. The van der Waals surface area contributed by atoms with Crippen LogP contribution in [0.2, 0.25) is 5.02 Å². The van der Waals surface area contributed by atoms with Crippen LogP contribution in [0.5, 0.6) is 0 Å². The number of nitrogens with two attached hydrogens (primary N) is 1. The largest absolute Gasteiger partial charge is 0.481 e. The number of aliphatic carboxylic acids is 1. The first-order valence-corrected chi connectivity index (χ1v) is 17.6. The Labute approximate surface area is 283 Å². The molecule has 0 unspecified atom stereocenters. The minimum absolute atomic E-state index is 0.0814. The summed E-state index contributed by atoms with van der Waals surface area (Å²) in [5.41, 5.74) is 10.3. The highest BCUT2D eigenvalue weighted by Crippen LogP contribution is 2.53. The van der Waals surface area contributed by atoms with Crippen LogP contribution in [-0.2, 0) is 16.8 Å². The smallest absolute Gasteiger partial charge is 0.303 e. The van der Waals surface area contributed by atoms with Gasteiger partial charge in [-0.3, -0.25) is 4.79 Å². The van der Waals surface area contributed by atoms with Crippen molar-refractivity contribution in [2.45, 2.75) is 76.6 Å². The Morgan fingerprint density at radius 3 is 2.50 bits per heavy atom. The number of aliphatic hydroxyl groups is 1. The lowest BCUT2D eigenvalue weighted by molar-refractivity contribution is -0.138. The van der Waals surface area contributed by atoms with Crippen molar-refractivity contribution < 1.29 is 15.0 Å². The zero-order chi connectivity index (χ0) is 33.2. The van der Waals surface area contributed by atoms with Gasteiger partial charge in [0.1, 0.15) is 0 Å². The van der Waals surface area contributed by atoms with Gasteiger partial charge in [0.15, 0.2) is 0 Å². The molecule has 5 rings (SSSR count). The summed E-state index contributed by atoms with van der Waals surface area (Å²) in [4.78, 5) is 16.2. The lowest BCUT2D eigenvalue weighted by Crippen LogP contribution is -2.18. The second kappa shape index (κ2) is 16.6. The van der Waals surface area contributed by atoms with Crippen LogP contribution in [0.1, 0.15) is 92.5 Å². The Kier molecular flexibility index (Phi) is 12.9. The molecule has 244 valence electrons. The van der Waals surface area contributed by atoms with Gasteiger partial charge in [-0.25, -0.2) is 4.98 Å². The number of thioether (sulfide) groups is 1. The van der Waals surface area contributed by atoms with Gasteiger partial charge in [-0.15, -0.1) is 0 Å². The molecular weight excluding hydrogens is 612 g/mol. The van der Waals surface area contributed by atoms with Crippen molar-refractivity contribution >= 4 is 52.4 Å². The van der Waals surface area contributed by atoms with Crippen LogP contribution in [0.25, 0.3) is 23.1 Å². The van der Waals surface area contributed by atoms with E-state index in [1.54, 1.807) is 0 Å². The molecule has 1 atom stereocenters. The third-order valence-electron chi connectivity index (χ3n) is 8.39. The number of unbranched alkanes of at least 4 members (excludes halogenated alkanes) is 1. The fraction of sp³-hybridized carbons (Fsp3) is 0.385. The number of carboxylic acid groups (broad SMARTS) is 1. The van der Waals surface area contributed by atoms with Gasteiger partial charge in [0, 0.05) is 21.4 Å². The van der Waals surface area contributed by atoms with E-state index in [4.69, 9.17) is 22.3 Å². The van der Waals surface area contributed by atoms with Crippen LogP contribution in [0.3, 0.4) is 0 Å². The molecule has 4 N–H and O–H groups in total. The van der Waals surface area contributed by atoms with Crippen LogP contribution in [0, 0.1) is 5.41 Å². The summed E-state index contributed by atoms with van der Waals surface area (Å²) in [5, 5.41) is 22.1. The van der Waals surface area contributed by atoms with E-state index in [9.17, 15) is 15.0 Å². The summed E-state index contributed by atoms with van der Waals surface area (Å²) in [7, 11) is 0. The Morgan fingerprint density at radius 1 is 1.07 bits per heavy atom. The summed E-state index contributed by atoms with van der Waals surface area (Å²) in [6, 6.07) is 26.5. The molecule has 5 nitrogen and oxygen atoms in total. The molecule has 1 fully saturated rings. The number of nitrogens with zero attached hydrogens (tertiary/aromatic N) is 1. The molecule has 7 heteroatoms. The highest BCUT2D eigenvalue weighted by atomic mass is 35.5. The van der Waals surface area contributed by atoms with E-state index < -0.39 is 11.6 Å². The Morgan fingerprint density at radius 2 is 1.83 bits per heavy atom. The summed E-state index contributed by atoms with van der Waals surface area (Å²) in [5.74, 6) is 0.122. The lowest BCUT2D eigenvalue weighted by Gasteiger charge is -2.24. The summed E-state index contributed by atoms with van der Waals surface area (Å²) < 4.78 is 0. The highest BCUT2D eigenvalue weighted by molar-refractivity contribution is 7.99. The molecular formula is C39H47ClN2O3S. The van der Waals surface area contributed by atoms with E-state index in [-0.39, 0.29) is 17.1 Å². The summed E-state index contributed by atoms with van der Waals surface area (Å²) in [6.45, 7) is 6.63. The number of benzene rings is 3. The minimum atomic E-state index is -0.911. The second-order valence-electron chi connectivity index (χ2n) is 12.8. The monoisotopic (exact) mass is 658 g/mol. The van der Waals surface area contributed by atoms with Crippen LogP contribution >= 0.6 is 23.4 Å². The van der Waals surface area contributed by atoms with E-state index in [1.807, 2.05) is 74.1 Å². The molecule has 0 amide bonds. The Hall–Kier alpha value is -3.16. The van der Waals surface area contributed by atoms with Crippen molar-refractivity contribution in [2.24, 2.45) is 11.1 Å². The van der Waals surface area contributed by atoms with Gasteiger partial charge in [-0.2, -0.15) is 11.8 Å². The van der Waals surface area contributed by atoms with Crippen molar-refractivity contribution in [1.82, 2.24) is 4.98 Å². The number of pyridine rings is 1. The number of aryl methyl sites for hydroxylation is 1. The van der Waals surface area contributed by atoms with Gasteiger partial charge in [0.25, 0.3) is 0 Å². The van der Waals surface area contributed by atoms with Crippen LogP contribution in [0.15, 0.2) is 78.9 Å². The molecule has 0 spiro atoms. The topological polar surface area (TPSA) is 96.4 Å². The SMILES string of the molecule is CC(C)(O)c1ccccc1CC[C@@H](SCC1(CC(=O)O)CC1)c1cccc(/C=C/c2ccc3ccc(Cl)cc3n2)c1.CCCCN. The maximum Gasteiger partial charge on any atom is 0.303 e. The summed E-state index contributed by atoms with van der Waals surface area (Å²) in [6.07, 6.45) is 10.4. The predicted molar refractivity (Wildman–Crippen MR) is 195 cm³/mol. The average molecular weight is 659 g/mol. The van der Waals surface area contributed by atoms with Crippen molar-refractivity contribution in [1.29, 1.82) is 0 Å². The van der Waals surface area contributed by atoms with Gasteiger partial charge in [0.05, 0.1) is 23.2 Å². The average Bonchev–Trinajstić information content (AvgIpc) is 3.79. The maximum absolute atomic E-state index is 11.5. The molecule has 4 aromatic rings. The van der Waals surface area contributed by atoms with Crippen LogP contribution < -0.4 is 5.73 Å². The lowest BCUT2D eigenvalue weighted by atomic mass is 9.90. The number of halogens is 1. The molecule has 1 saturated carbocycles. The Balaban J connectivity index is 0.000000892. The number of rotatable bonds is 14. The van der Waals surface area contributed by atoms with E-state index in [2.05, 4.69) is 49.4 Å². The van der Waals surface area contributed by atoms with Gasteiger partial charge >= 0.3 is 5.97 Å². The third-order valence-corrected chi connectivity index (χ3v) is 10.3. The Bertz CT molecular complexity index is 1630.